The highest BCUT2D eigenvalue weighted by Gasteiger charge is 2.51. The van der Waals surface area contributed by atoms with Gasteiger partial charge in [0.25, 0.3) is 0 Å². The molecule has 1 amide bonds. The van der Waals surface area contributed by atoms with Crippen molar-refractivity contribution in [3.8, 4) is 0 Å². The van der Waals surface area contributed by atoms with E-state index in [1.165, 1.54) is 12.2 Å². The fourth-order valence-electron chi connectivity index (χ4n) is 6.04. The molecule has 4 rings (SSSR count). The van der Waals surface area contributed by atoms with E-state index >= 15 is 0 Å². The standard InChI is InChI=1S/C32H52N2O16S2/c35-12-19(39)29(49-32-28(46)26(44)30(21(14-37)48-32)50-31-27(45)25(43)24(42)20(13-36)47-31)23(41)18(38)11-33-15-4-3-5-16(10-15)34-22(40)7-2-1-6-17-8-9-51-52-17/h3-5,10,17-21,23-33,35-39,41-46H,1-2,6-9,11-14H2,(H,34,40). The molecule has 0 radical (unpaired) electrons. The van der Waals surface area contributed by atoms with Gasteiger partial charge in [0.05, 0.1) is 25.9 Å². The third-order valence-electron chi connectivity index (χ3n) is 9.12. The molecular weight excluding hydrogens is 732 g/mol. The number of amides is 1. The summed E-state index contributed by atoms with van der Waals surface area (Å²) in [5.41, 5.74) is 0.990. The van der Waals surface area contributed by atoms with Crippen molar-refractivity contribution in [1.82, 2.24) is 0 Å². The summed E-state index contributed by atoms with van der Waals surface area (Å²) in [6.45, 7) is -2.90. The number of anilines is 2. The van der Waals surface area contributed by atoms with Crippen LogP contribution in [0.15, 0.2) is 24.3 Å². The molecule has 0 bridgehead atoms. The van der Waals surface area contributed by atoms with Crippen LogP contribution < -0.4 is 10.6 Å². The Morgan fingerprint density at radius 2 is 1.56 bits per heavy atom. The van der Waals surface area contributed by atoms with Crippen molar-refractivity contribution in [1.29, 1.82) is 0 Å². The molecule has 3 aliphatic rings. The Hall–Kier alpha value is -1.41. The van der Waals surface area contributed by atoms with Crippen LogP contribution in [0.1, 0.15) is 32.1 Å². The first-order chi connectivity index (χ1) is 24.9. The second kappa shape index (κ2) is 21.0. The molecule has 1 aromatic rings. The molecule has 3 aliphatic heterocycles. The highest BCUT2D eigenvalue weighted by Crippen LogP contribution is 2.40. The number of carbonyl (C=O) groups is 1. The van der Waals surface area contributed by atoms with Crippen molar-refractivity contribution in [2.24, 2.45) is 0 Å². The average molecular weight is 785 g/mol. The molecule has 13 N–H and O–H groups in total. The SMILES string of the molecule is O=C(CCCCC1CCSS1)Nc1cccc(NCC(O)C(O)C(OC2OC(CO)C(OC3OC(CO)C(O)C(O)C3O)C(O)C2O)C(O)CO)c1. The van der Waals surface area contributed by atoms with Gasteiger partial charge < -0.3 is 85.8 Å². The van der Waals surface area contributed by atoms with Crippen LogP contribution in [0.25, 0.3) is 0 Å². The van der Waals surface area contributed by atoms with Gasteiger partial charge in [-0.05, 0) is 37.5 Å². The highest BCUT2D eigenvalue weighted by molar-refractivity contribution is 8.77. The van der Waals surface area contributed by atoms with Crippen LogP contribution in [0.3, 0.4) is 0 Å². The largest absolute Gasteiger partial charge is 0.394 e. The Morgan fingerprint density at radius 3 is 2.23 bits per heavy atom. The zero-order valence-electron chi connectivity index (χ0n) is 28.3. The monoisotopic (exact) mass is 784 g/mol. The first-order valence-corrected chi connectivity index (χ1v) is 19.6. The number of aliphatic hydroxyl groups excluding tert-OH is 11. The van der Waals surface area contributed by atoms with Crippen molar-refractivity contribution < 1.29 is 79.9 Å². The van der Waals surface area contributed by atoms with E-state index in [2.05, 4.69) is 10.6 Å². The Balaban J connectivity index is 1.31. The smallest absolute Gasteiger partial charge is 0.224 e. The maximum Gasteiger partial charge on any atom is 0.224 e. The molecular formula is C32H52N2O16S2. The molecule has 15 unspecified atom stereocenters. The minimum Gasteiger partial charge on any atom is -0.394 e. The molecule has 3 heterocycles. The van der Waals surface area contributed by atoms with Gasteiger partial charge in [-0.2, -0.15) is 0 Å². The predicted octanol–water partition coefficient (Wildman–Crippen LogP) is -3.16. The molecule has 0 saturated carbocycles. The zero-order chi connectivity index (χ0) is 37.9. The van der Waals surface area contributed by atoms with Gasteiger partial charge in [-0.25, -0.2) is 0 Å². The number of aliphatic hydroxyl groups is 11. The number of rotatable bonds is 19. The highest BCUT2D eigenvalue weighted by atomic mass is 33.1. The summed E-state index contributed by atoms with van der Waals surface area (Å²) >= 11 is 0. The van der Waals surface area contributed by atoms with E-state index in [1.807, 2.05) is 21.6 Å². The number of hydrogen-bond donors (Lipinski definition) is 13. The van der Waals surface area contributed by atoms with Crippen molar-refractivity contribution in [3.63, 3.8) is 0 Å². The Kier molecular flexibility index (Phi) is 17.5. The number of benzene rings is 1. The maximum absolute atomic E-state index is 12.5. The lowest BCUT2D eigenvalue weighted by Crippen LogP contribution is -2.65. The van der Waals surface area contributed by atoms with Crippen molar-refractivity contribution in [2.45, 2.75) is 123 Å². The lowest BCUT2D eigenvalue weighted by atomic mass is 9.96. The lowest BCUT2D eigenvalue weighted by molar-refractivity contribution is -0.367. The van der Waals surface area contributed by atoms with E-state index in [4.69, 9.17) is 18.9 Å². The van der Waals surface area contributed by atoms with E-state index in [0.29, 0.717) is 23.0 Å². The fraction of sp³-hybridized carbons (Fsp3) is 0.781. The molecule has 52 heavy (non-hydrogen) atoms. The van der Waals surface area contributed by atoms with Gasteiger partial charge in [-0.1, -0.05) is 34.1 Å². The molecule has 3 saturated heterocycles. The fourth-order valence-corrected chi connectivity index (χ4v) is 9.07. The average Bonchev–Trinajstić information content (AvgIpc) is 3.67. The van der Waals surface area contributed by atoms with Gasteiger partial charge in [0.1, 0.15) is 67.1 Å². The summed E-state index contributed by atoms with van der Waals surface area (Å²) in [6.07, 6.45) is -20.2. The van der Waals surface area contributed by atoms with Gasteiger partial charge in [-0.15, -0.1) is 0 Å². The van der Waals surface area contributed by atoms with E-state index in [9.17, 15) is 61.0 Å². The van der Waals surface area contributed by atoms with Gasteiger partial charge in [0.2, 0.25) is 5.91 Å². The third-order valence-corrected chi connectivity index (χ3v) is 12.1. The number of ether oxygens (including phenoxy) is 4. The summed E-state index contributed by atoms with van der Waals surface area (Å²) in [5, 5.41) is 120. The van der Waals surface area contributed by atoms with E-state index in [0.717, 1.165) is 19.3 Å². The van der Waals surface area contributed by atoms with E-state index in [-0.39, 0.29) is 12.5 Å². The van der Waals surface area contributed by atoms with E-state index < -0.39 is 106 Å². The maximum atomic E-state index is 12.5. The number of nitrogens with one attached hydrogen (secondary N) is 2. The van der Waals surface area contributed by atoms with Crippen LogP contribution in [0.5, 0.6) is 0 Å². The molecule has 0 spiro atoms. The van der Waals surface area contributed by atoms with Gasteiger partial charge >= 0.3 is 0 Å². The second-order valence-electron chi connectivity index (χ2n) is 13.0. The Bertz CT molecular complexity index is 1220. The molecule has 3 fully saturated rings. The summed E-state index contributed by atoms with van der Waals surface area (Å²) in [5.74, 6) is 1.04. The number of hydrogen-bond acceptors (Lipinski definition) is 19. The lowest BCUT2D eigenvalue weighted by Gasteiger charge is -2.46. The van der Waals surface area contributed by atoms with Crippen molar-refractivity contribution in [2.75, 3.05) is 42.8 Å². The number of unbranched alkanes of at least 4 members (excludes halogenated alkanes) is 1. The summed E-state index contributed by atoms with van der Waals surface area (Å²) in [4.78, 5) is 12.5. The quantitative estimate of drug-likeness (QED) is 0.0486. The predicted molar refractivity (Wildman–Crippen MR) is 187 cm³/mol. The third kappa shape index (κ3) is 11.6. The first-order valence-electron chi connectivity index (χ1n) is 17.2. The molecule has 0 aliphatic carbocycles. The minimum atomic E-state index is -2.00. The molecule has 0 aromatic heterocycles. The summed E-state index contributed by atoms with van der Waals surface area (Å²) in [7, 11) is 3.80. The number of carbonyl (C=O) groups excluding carboxylic acids is 1. The van der Waals surface area contributed by atoms with Crippen LogP contribution in [0, 0.1) is 0 Å². The van der Waals surface area contributed by atoms with Crippen molar-refractivity contribution in [3.05, 3.63) is 24.3 Å². The zero-order valence-corrected chi connectivity index (χ0v) is 30.0. The Morgan fingerprint density at radius 1 is 0.865 bits per heavy atom. The van der Waals surface area contributed by atoms with Crippen LogP contribution in [-0.4, -0.2) is 185 Å². The van der Waals surface area contributed by atoms with Gasteiger partial charge in [0.15, 0.2) is 12.6 Å². The van der Waals surface area contributed by atoms with Crippen LogP contribution >= 0.6 is 21.6 Å². The van der Waals surface area contributed by atoms with Crippen molar-refractivity contribution >= 4 is 38.9 Å². The first kappa shape index (κ1) is 43.3. The van der Waals surface area contributed by atoms with Crippen LogP contribution in [0.4, 0.5) is 11.4 Å². The van der Waals surface area contributed by atoms with Crippen LogP contribution in [-0.2, 0) is 23.7 Å². The molecule has 20 heteroatoms. The molecule has 298 valence electrons. The second-order valence-corrected chi connectivity index (χ2v) is 15.8. The van der Waals surface area contributed by atoms with Gasteiger partial charge in [-0.3, -0.25) is 4.79 Å². The minimum absolute atomic E-state index is 0.133. The van der Waals surface area contributed by atoms with Gasteiger partial charge in [0, 0.05) is 35.3 Å². The summed E-state index contributed by atoms with van der Waals surface area (Å²) < 4.78 is 21.9. The molecule has 1 aromatic carbocycles. The van der Waals surface area contributed by atoms with E-state index in [1.54, 1.807) is 24.3 Å². The summed E-state index contributed by atoms with van der Waals surface area (Å²) in [6, 6.07) is 6.67. The normalized spacial score (nSPS) is 34.7. The van der Waals surface area contributed by atoms with Crippen LogP contribution in [0.2, 0.25) is 0 Å². The topological polar surface area (TPSA) is 301 Å². The Labute approximate surface area is 308 Å². The molecule has 18 nitrogen and oxygen atoms in total. The molecule has 15 atom stereocenters.